The van der Waals surface area contributed by atoms with Crippen molar-refractivity contribution in [3.63, 3.8) is 0 Å². The number of nitrogens with zero attached hydrogens (tertiary/aromatic N) is 3. The van der Waals surface area contributed by atoms with Crippen molar-refractivity contribution in [1.29, 1.82) is 0 Å². The standard InChI is InChI=1S/C29H41ClN4O5S/c1-19-7-9-21(10-8-19)25-31-26(35)29(32-25)12-14-34(15-13-29)40(37,38)16-11-23-20(2)17-22(18-24(23)30)33(6)27(36)39-28(3,4)5/h11,16-19,21H,7-10,12-15H2,1-6H3,(H,31,32,35). The number of nitrogens with one attached hydrogen (secondary N) is 1. The number of hydrogen-bond donors (Lipinski definition) is 1. The van der Waals surface area contributed by atoms with Gasteiger partial charge < -0.3 is 10.1 Å². The van der Waals surface area contributed by atoms with Crippen molar-refractivity contribution in [2.45, 2.75) is 84.3 Å². The van der Waals surface area contributed by atoms with Crippen molar-refractivity contribution in [2.24, 2.45) is 16.8 Å². The van der Waals surface area contributed by atoms with Gasteiger partial charge in [-0.2, -0.15) is 4.31 Å². The van der Waals surface area contributed by atoms with E-state index in [4.69, 9.17) is 21.3 Å². The van der Waals surface area contributed by atoms with Gasteiger partial charge in [-0.3, -0.25) is 14.7 Å². The van der Waals surface area contributed by atoms with Gasteiger partial charge in [-0.15, -0.1) is 0 Å². The lowest BCUT2D eigenvalue weighted by atomic mass is 9.82. The first-order valence-corrected chi connectivity index (χ1v) is 15.8. The first kappa shape index (κ1) is 30.5. The fourth-order valence-corrected chi connectivity index (χ4v) is 7.03. The van der Waals surface area contributed by atoms with Gasteiger partial charge in [-0.25, -0.2) is 13.2 Å². The summed E-state index contributed by atoms with van der Waals surface area (Å²) in [5.74, 6) is 1.68. The number of benzene rings is 1. The number of anilines is 1. The quantitative estimate of drug-likeness (QED) is 0.485. The van der Waals surface area contributed by atoms with Crippen molar-refractivity contribution in [3.05, 3.63) is 33.7 Å². The molecule has 1 aliphatic carbocycles. The Labute approximate surface area is 243 Å². The van der Waals surface area contributed by atoms with E-state index in [2.05, 4.69) is 12.2 Å². The second-order valence-electron chi connectivity index (χ2n) is 12.4. The lowest BCUT2D eigenvalue weighted by Crippen LogP contribution is -2.50. The Balaban J connectivity index is 1.42. The molecule has 1 spiro atoms. The molecule has 11 heteroatoms. The monoisotopic (exact) mass is 592 g/mol. The molecule has 9 nitrogen and oxygen atoms in total. The minimum Gasteiger partial charge on any atom is -0.443 e. The molecule has 2 amide bonds. The molecular weight excluding hydrogens is 552 g/mol. The third-order valence-corrected chi connectivity index (χ3v) is 9.97. The molecule has 220 valence electrons. The lowest BCUT2D eigenvalue weighted by Gasteiger charge is -2.34. The van der Waals surface area contributed by atoms with Crippen LogP contribution in [0.2, 0.25) is 5.02 Å². The van der Waals surface area contributed by atoms with Gasteiger partial charge >= 0.3 is 6.09 Å². The maximum absolute atomic E-state index is 13.2. The molecule has 1 N–H and O–H groups in total. The van der Waals surface area contributed by atoms with Crippen LogP contribution in [-0.4, -0.2) is 61.8 Å². The van der Waals surface area contributed by atoms with E-state index in [1.165, 1.54) is 15.3 Å². The highest BCUT2D eigenvalue weighted by Gasteiger charge is 2.48. The van der Waals surface area contributed by atoms with E-state index in [9.17, 15) is 18.0 Å². The van der Waals surface area contributed by atoms with Crippen molar-refractivity contribution in [3.8, 4) is 0 Å². The van der Waals surface area contributed by atoms with E-state index in [-0.39, 0.29) is 24.9 Å². The van der Waals surface area contributed by atoms with Crippen molar-refractivity contribution in [2.75, 3.05) is 25.0 Å². The second kappa shape index (κ2) is 11.4. The molecule has 2 aliphatic heterocycles. The topological polar surface area (TPSA) is 108 Å². The Morgan fingerprint density at radius 1 is 1.20 bits per heavy atom. The number of rotatable bonds is 5. The summed E-state index contributed by atoms with van der Waals surface area (Å²) in [7, 11) is -2.16. The maximum atomic E-state index is 13.2. The zero-order valence-electron chi connectivity index (χ0n) is 24.3. The molecule has 1 aromatic rings. The average molecular weight is 593 g/mol. The number of carbonyl (C=O) groups is 2. The van der Waals surface area contributed by atoms with Crippen LogP contribution in [-0.2, 0) is 19.6 Å². The highest BCUT2D eigenvalue weighted by atomic mass is 35.5. The number of aryl methyl sites for hydroxylation is 1. The smallest absolute Gasteiger partial charge is 0.414 e. The van der Waals surface area contributed by atoms with E-state index < -0.39 is 27.3 Å². The van der Waals surface area contributed by atoms with E-state index in [0.717, 1.165) is 36.9 Å². The number of amidine groups is 1. The fraction of sp³-hybridized carbons (Fsp3) is 0.621. The van der Waals surface area contributed by atoms with Gasteiger partial charge in [0.25, 0.3) is 5.91 Å². The predicted molar refractivity (Wildman–Crippen MR) is 159 cm³/mol. The molecule has 4 rings (SSSR count). The molecule has 2 fully saturated rings. The molecule has 1 saturated carbocycles. The van der Waals surface area contributed by atoms with Gasteiger partial charge in [0, 0.05) is 37.2 Å². The van der Waals surface area contributed by atoms with Crippen LogP contribution in [0, 0.1) is 18.8 Å². The number of ether oxygens (including phenoxy) is 1. The van der Waals surface area contributed by atoms with Crippen LogP contribution in [0.3, 0.4) is 0 Å². The van der Waals surface area contributed by atoms with E-state index in [1.807, 2.05) is 0 Å². The molecule has 3 aliphatic rings. The Morgan fingerprint density at radius 3 is 2.40 bits per heavy atom. The molecule has 0 unspecified atom stereocenters. The third kappa shape index (κ3) is 6.71. The number of amides is 2. The van der Waals surface area contributed by atoms with Crippen LogP contribution in [0.25, 0.3) is 6.08 Å². The second-order valence-corrected chi connectivity index (χ2v) is 14.6. The van der Waals surface area contributed by atoms with Gasteiger partial charge in [0.2, 0.25) is 10.0 Å². The minimum atomic E-state index is -3.75. The third-order valence-electron chi connectivity index (χ3n) is 8.09. The number of carbonyl (C=O) groups excluding carboxylic acids is 2. The Bertz CT molecular complexity index is 1300. The molecule has 0 radical (unpaired) electrons. The summed E-state index contributed by atoms with van der Waals surface area (Å²) in [6.07, 6.45) is 6.00. The van der Waals surface area contributed by atoms with Crippen molar-refractivity contribution < 1.29 is 22.7 Å². The van der Waals surface area contributed by atoms with Gasteiger partial charge in [-0.05, 0) is 88.6 Å². The van der Waals surface area contributed by atoms with E-state index >= 15 is 0 Å². The Kier molecular flexibility index (Phi) is 8.74. The molecular formula is C29H41ClN4O5S. The zero-order valence-corrected chi connectivity index (χ0v) is 25.9. The van der Waals surface area contributed by atoms with Crippen molar-refractivity contribution >= 4 is 51.2 Å². The summed E-state index contributed by atoms with van der Waals surface area (Å²) in [4.78, 5) is 31.6. The predicted octanol–water partition coefficient (Wildman–Crippen LogP) is 5.51. The van der Waals surface area contributed by atoms with Crippen LogP contribution in [0.1, 0.15) is 77.3 Å². The SMILES string of the molecule is Cc1cc(N(C)C(=O)OC(C)(C)C)cc(Cl)c1C=CS(=O)(=O)N1CCC2(CC1)N=C(C1CCC(C)CC1)NC2=O. The summed E-state index contributed by atoms with van der Waals surface area (Å²) >= 11 is 6.52. The first-order valence-electron chi connectivity index (χ1n) is 14.0. The molecule has 2 heterocycles. The Morgan fingerprint density at radius 2 is 1.82 bits per heavy atom. The van der Waals surface area contributed by atoms with E-state index in [0.29, 0.717) is 40.6 Å². The summed E-state index contributed by atoms with van der Waals surface area (Å²) < 4.78 is 33.2. The van der Waals surface area contributed by atoms with Crippen LogP contribution in [0.5, 0.6) is 0 Å². The highest BCUT2D eigenvalue weighted by molar-refractivity contribution is 7.92. The summed E-state index contributed by atoms with van der Waals surface area (Å²) in [5.41, 5.74) is 0.287. The molecule has 0 aromatic heterocycles. The van der Waals surface area contributed by atoms with Crippen LogP contribution in [0.4, 0.5) is 10.5 Å². The molecule has 0 bridgehead atoms. The van der Waals surface area contributed by atoms with Crippen LogP contribution in [0.15, 0.2) is 22.5 Å². The first-order chi connectivity index (χ1) is 18.6. The highest BCUT2D eigenvalue weighted by Crippen LogP contribution is 2.36. The van der Waals surface area contributed by atoms with Gasteiger partial charge in [-0.1, -0.05) is 31.4 Å². The van der Waals surface area contributed by atoms with Gasteiger partial charge in [0.1, 0.15) is 17.0 Å². The average Bonchev–Trinajstić information content (AvgIpc) is 3.17. The normalized spacial score (nSPS) is 23.8. The molecule has 1 aromatic carbocycles. The Hall–Kier alpha value is -2.43. The lowest BCUT2D eigenvalue weighted by molar-refractivity contribution is -0.125. The number of aliphatic imine (C=N–C) groups is 1. The van der Waals surface area contributed by atoms with Crippen LogP contribution < -0.4 is 10.2 Å². The molecule has 1 saturated heterocycles. The fourth-order valence-electron chi connectivity index (χ4n) is 5.54. The summed E-state index contributed by atoms with van der Waals surface area (Å²) in [6, 6.07) is 3.37. The molecule has 0 atom stereocenters. The summed E-state index contributed by atoms with van der Waals surface area (Å²) in [6.45, 7) is 9.86. The van der Waals surface area contributed by atoms with Gasteiger partial charge in [0.05, 0.1) is 5.02 Å². The van der Waals surface area contributed by atoms with Crippen molar-refractivity contribution in [1.82, 2.24) is 9.62 Å². The summed E-state index contributed by atoms with van der Waals surface area (Å²) in [5, 5.41) is 4.50. The maximum Gasteiger partial charge on any atom is 0.414 e. The number of piperidine rings is 1. The van der Waals surface area contributed by atoms with Gasteiger partial charge in [0.15, 0.2) is 0 Å². The number of hydrogen-bond acceptors (Lipinski definition) is 6. The van der Waals surface area contributed by atoms with E-state index in [1.54, 1.807) is 46.9 Å². The number of halogens is 1. The number of sulfonamides is 1. The largest absolute Gasteiger partial charge is 0.443 e. The van der Waals surface area contributed by atoms with Crippen LogP contribution >= 0.6 is 11.6 Å². The minimum absolute atomic E-state index is 0.104. The molecule has 40 heavy (non-hydrogen) atoms. The zero-order chi connectivity index (χ0) is 29.5.